The van der Waals surface area contributed by atoms with Gasteiger partial charge < -0.3 is 5.32 Å². The third-order valence-electron chi connectivity index (χ3n) is 6.32. The number of hydrogen-bond donors (Lipinski definition) is 1. The third-order valence-corrected chi connectivity index (χ3v) is 6.32. The van der Waals surface area contributed by atoms with E-state index in [9.17, 15) is 0 Å². The predicted octanol–water partition coefficient (Wildman–Crippen LogP) is 7.58. The zero-order valence-electron chi connectivity index (χ0n) is 19.9. The Balaban J connectivity index is 1.91. The molecule has 0 amide bonds. The first-order chi connectivity index (χ1) is 15.5. The maximum Gasteiger partial charge on any atom is 0.129 e. The molecule has 1 aliphatic carbocycles. The van der Waals surface area contributed by atoms with E-state index in [2.05, 4.69) is 100.0 Å². The van der Waals surface area contributed by atoms with Gasteiger partial charge in [-0.05, 0) is 65.2 Å². The van der Waals surface area contributed by atoms with Crippen LogP contribution in [0.4, 0.5) is 0 Å². The van der Waals surface area contributed by atoms with E-state index in [1.54, 1.807) is 0 Å². The number of hydrogen-bond acceptors (Lipinski definition) is 2. The van der Waals surface area contributed by atoms with Crippen molar-refractivity contribution in [2.24, 2.45) is 16.8 Å². The lowest BCUT2D eigenvalue weighted by Gasteiger charge is -2.30. The maximum absolute atomic E-state index is 5.13. The first-order valence-corrected chi connectivity index (χ1v) is 11.7. The summed E-state index contributed by atoms with van der Waals surface area (Å²) in [5.74, 6) is 1.85. The summed E-state index contributed by atoms with van der Waals surface area (Å²) in [5, 5.41) is 3.64. The van der Waals surface area contributed by atoms with E-state index < -0.39 is 0 Å². The van der Waals surface area contributed by atoms with E-state index in [0.717, 1.165) is 35.5 Å². The number of rotatable bonds is 8. The molecule has 0 bridgehead atoms. The third kappa shape index (κ3) is 5.56. The van der Waals surface area contributed by atoms with Crippen molar-refractivity contribution in [3.63, 3.8) is 0 Å². The van der Waals surface area contributed by atoms with Crippen molar-refractivity contribution < 1.29 is 0 Å². The quantitative estimate of drug-likeness (QED) is 0.427. The number of benzene rings is 1. The lowest BCUT2D eigenvalue weighted by Crippen LogP contribution is -2.34. The molecular weight excluding hydrogens is 388 g/mol. The van der Waals surface area contributed by atoms with Crippen LogP contribution in [-0.2, 0) is 0 Å². The van der Waals surface area contributed by atoms with E-state index in [4.69, 9.17) is 4.99 Å². The van der Waals surface area contributed by atoms with Crippen molar-refractivity contribution in [2.75, 3.05) is 0 Å². The molecule has 166 valence electrons. The number of allylic oxidation sites excluding steroid dienone is 9. The van der Waals surface area contributed by atoms with E-state index in [1.165, 1.54) is 16.7 Å². The van der Waals surface area contributed by atoms with Gasteiger partial charge in [-0.15, -0.1) is 0 Å². The van der Waals surface area contributed by atoms with Gasteiger partial charge in [-0.1, -0.05) is 101 Å². The highest BCUT2D eigenvalue weighted by Gasteiger charge is 2.26. The molecule has 0 saturated carbocycles. The predicted molar refractivity (Wildman–Crippen MR) is 140 cm³/mol. The zero-order valence-corrected chi connectivity index (χ0v) is 19.9. The van der Waals surface area contributed by atoms with Crippen LogP contribution < -0.4 is 5.32 Å². The Bertz CT molecular complexity index is 1030. The molecule has 1 N–H and O–H groups in total. The van der Waals surface area contributed by atoms with Crippen LogP contribution in [0, 0.1) is 11.8 Å². The van der Waals surface area contributed by atoms with Crippen LogP contribution in [0.3, 0.4) is 0 Å². The molecule has 2 nitrogen and oxygen atoms in total. The van der Waals surface area contributed by atoms with E-state index in [-0.39, 0.29) is 6.04 Å². The van der Waals surface area contributed by atoms with Crippen molar-refractivity contribution in [2.45, 2.75) is 46.6 Å². The number of aliphatic imine (C=N–C) groups is 1. The Hall–Kier alpha value is -3.13. The number of nitrogens with one attached hydrogen (secondary N) is 1. The normalized spacial score (nSPS) is 22.3. The van der Waals surface area contributed by atoms with Gasteiger partial charge in [0.2, 0.25) is 0 Å². The molecule has 0 fully saturated rings. The second-order valence-electron chi connectivity index (χ2n) is 8.72. The average Bonchev–Trinajstić information content (AvgIpc) is 2.83. The van der Waals surface area contributed by atoms with Gasteiger partial charge in [0, 0.05) is 5.70 Å². The molecular formula is C30H36N2. The summed E-state index contributed by atoms with van der Waals surface area (Å²) in [5.41, 5.74) is 7.00. The summed E-state index contributed by atoms with van der Waals surface area (Å²) < 4.78 is 0. The molecule has 0 aromatic heterocycles. The summed E-state index contributed by atoms with van der Waals surface area (Å²) >= 11 is 0. The molecule has 3 rings (SSSR count). The van der Waals surface area contributed by atoms with Crippen LogP contribution in [0.1, 0.15) is 46.1 Å². The van der Waals surface area contributed by atoms with Gasteiger partial charge in [-0.3, -0.25) is 4.99 Å². The molecule has 1 unspecified atom stereocenters. The molecule has 1 aromatic rings. The van der Waals surface area contributed by atoms with Crippen molar-refractivity contribution in [3.8, 4) is 0 Å². The maximum atomic E-state index is 5.13. The molecule has 0 saturated heterocycles. The summed E-state index contributed by atoms with van der Waals surface area (Å²) in [6.45, 7) is 17.0. The van der Waals surface area contributed by atoms with Crippen molar-refractivity contribution in [1.29, 1.82) is 0 Å². The van der Waals surface area contributed by atoms with E-state index >= 15 is 0 Å². The smallest absolute Gasteiger partial charge is 0.129 e. The molecule has 1 heterocycles. The van der Waals surface area contributed by atoms with Gasteiger partial charge in [0.05, 0.1) is 6.04 Å². The Morgan fingerprint density at radius 3 is 2.62 bits per heavy atom. The van der Waals surface area contributed by atoms with Crippen LogP contribution >= 0.6 is 0 Å². The fraction of sp³-hybridized carbons (Fsp3) is 0.300. The summed E-state index contributed by atoms with van der Waals surface area (Å²) in [7, 11) is 0. The standard InChI is InChI=1S/C30H36N2/c1-7-13-24(9-3)18-22(5)26-16-17-27(23(6)19-26)30-31-28(21(4)8-2)20-29(32-30)25-14-11-10-12-15-25/h7,9-18,20-21,23,28H,3,5,8,19H2,1-2,4,6H3,(H,31,32)/b13-7-,24-18-/t21-,23+,28?/m1/s1. The van der Waals surface area contributed by atoms with Crippen LogP contribution in [0.5, 0.6) is 0 Å². The number of nitrogens with zero attached hydrogens (tertiary/aromatic N) is 1. The van der Waals surface area contributed by atoms with Gasteiger partial charge >= 0.3 is 0 Å². The fourth-order valence-corrected chi connectivity index (χ4v) is 4.10. The molecule has 32 heavy (non-hydrogen) atoms. The first-order valence-electron chi connectivity index (χ1n) is 11.7. The largest absolute Gasteiger partial charge is 0.340 e. The molecule has 3 atom stereocenters. The summed E-state index contributed by atoms with van der Waals surface area (Å²) in [4.78, 5) is 5.13. The minimum Gasteiger partial charge on any atom is -0.340 e. The van der Waals surface area contributed by atoms with E-state index in [1.807, 2.05) is 19.1 Å². The van der Waals surface area contributed by atoms with E-state index in [0.29, 0.717) is 11.8 Å². The summed E-state index contributed by atoms with van der Waals surface area (Å²) in [6.07, 6.45) is 16.8. The Morgan fingerprint density at radius 2 is 2.00 bits per heavy atom. The SMILES string of the molecule is C=CC(/C=C\C)=C/C(=C)C1=CC=C(C2=NC([C@H](C)CC)C=C(c3ccccc3)N2)[C@@H](C)C1. The van der Waals surface area contributed by atoms with Gasteiger partial charge in [0.15, 0.2) is 0 Å². The Morgan fingerprint density at radius 1 is 1.25 bits per heavy atom. The molecule has 2 aliphatic rings. The second-order valence-corrected chi connectivity index (χ2v) is 8.72. The molecule has 0 spiro atoms. The fourth-order valence-electron chi connectivity index (χ4n) is 4.10. The molecule has 2 heteroatoms. The lowest BCUT2D eigenvalue weighted by molar-refractivity contribution is 0.500. The van der Waals surface area contributed by atoms with Crippen molar-refractivity contribution in [3.05, 3.63) is 114 Å². The minimum absolute atomic E-state index is 0.179. The monoisotopic (exact) mass is 424 g/mol. The Labute approximate surface area is 194 Å². The minimum atomic E-state index is 0.179. The molecule has 1 aromatic carbocycles. The van der Waals surface area contributed by atoms with Gasteiger partial charge in [0.1, 0.15) is 5.84 Å². The first kappa shape index (κ1) is 23.5. The van der Waals surface area contributed by atoms with Crippen LogP contribution in [-0.4, -0.2) is 11.9 Å². The van der Waals surface area contributed by atoms with Crippen LogP contribution in [0.2, 0.25) is 0 Å². The second kappa shape index (κ2) is 10.9. The lowest BCUT2D eigenvalue weighted by atomic mass is 9.84. The zero-order chi connectivity index (χ0) is 23.1. The molecule has 1 aliphatic heterocycles. The highest BCUT2D eigenvalue weighted by atomic mass is 15.0. The number of amidine groups is 1. The summed E-state index contributed by atoms with van der Waals surface area (Å²) in [6, 6.07) is 10.7. The highest BCUT2D eigenvalue weighted by Crippen LogP contribution is 2.32. The average molecular weight is 425 g/mol. The van der Waals surface area contributed by atoms with Crippen molar-refractivity contribution in [1.82, 2.24) is 5.32 Å². The Kier molecular flexibility index (Phi) is 8.05. The van der Waals surface area contributed by atoms with Gasteiger partial charge in [-0.25, -0.2) is 0 Å². The highest BCUT2D eigenvalue weighted by molar-refractivity contribution is 6.05. The van der Waals surface area contributed by atoms with Gasteiger partial charge in [0.25, 0.3) is 0 Å². The van der Waals surface area contributed by atoms with Crippen LogP contribution in [0.15, 0.2) is 113 Å². The van der Waals surface area contributed by atoms with Crippen LogP contribution in [0.25, 0.3) is 5.70 Å². The van der Waals surface area contributed by atoms with Gasteiger partial charge in [-0.2, -0.15) is 0 Å². The van der Waals surface area contributed by atoms with Crippen molar-refractivity contribution >= 4 is 11.5 Å². The topological polar surface area (TPSA) is 24.4 Å². The molecule has 0 radical (unpaired) electrons.